The van der Waals surface area contributed by atoms with Crippen molar-refractivity contribution < 1.29 is 23.4 Å². The Kier molecular flexibility index (Phi) is 4.61. The molecule has 1 amide bonds. The van der Waals surface area contributed by atoms with Gasteiger partial charge in [0, 0.05) is 31.7 Å². The first kappa shape index (κ1) is 16.6. The second-order valence-electron chi connectivity index (χ2n) is 6.03. The van der Waals surface area contributed by atoms with Gasteiger partial charge in [-0.2, -0.15) is 0 Å². The molecule has 0 atom stereocenters. The third-order valence-electron chi connectivity index (χ3n) is 4.34. The lowest BCUT2D eigenvalue weighted by Crippen LogP contribution is -2.48. The quantitative estimate of drug-likeness (QED) is 0.814. The fraction of sp³-hybridized carbons (Fsp3) is 0.471. The van der Waals surface area contributed by atoms with Crippen LogP contribution < -0.4 is 9.47 Å². The molecule has 0 saturated carbocycles. The number of carbonyl (C=O) groups is 1. The number of hydrogen-bond donors (Lipinski definition) is 0. The van der Waals surface area contributed by atoms with Crippen LogP contribution in [-0.4, -0.2) is 65.7 Å². The predicted octanol–water partition coefficient (Wildman–Crippen LogP) is 1.74. The van der Waals surface area contributed by atoms with Crippen LogP contribution in [0.4, 0.5) is 4.79 Å². The Bertz CT molecular complexity index is 785. The van der Waals surface area contributed by atoms with E-state index < -0.39 is 0 Å². The van der Waals surface area contributed by atoms with E-state index in [9.17, 15) is 4.79 Å². The molecular weight excluding hydrogens is 340 g/mol. The Hall–Kier alpha value is -2.81. The molecule has 9 heteroatoms. The van der Waals surface area contributed by atoms with Gasteiger partial charge in [-0.1, -0.05) is 0 Å². The third-order valence-corrected chi connectivity index (χ3v) is 4.34. The van der Waals surface area contributed by atoms with Crippen molar-refractivity contribution in [3.05, 3.63) is 24.1 Å². The van der Waals surface area contributed by atoms with Crippen molar-refractivity contribution in [3.8, 4) is 23.0 Å². The third kappa shape index (κ3) is 3.43. The smallest absolute Gasteiger partial charge is 0.409 e. The van der Waals surface area contributed by atoms with Crippen molar-refractivity contribution in [1.82, 2.24) is 20.0 Å². The van der Waals surface area contributed by atoms with Crippen LogP contribution in [0, 0.1) is 0 Å². The van der Waals surface area contributed by atoms with Crippen LogP contribution in [0.25, 0.3) is 11.5 Å². The minimum Gasteiger partial charge on any atom is -0.454 e. The van der Waals surface area contributed by atoms with Crippen molar-refractivity contribution in [3.63, 3.8) is 0 Å². The van der Waals surface area contributed by atoms with Gasteiger partial charge in [0.15, 0.2) is 11.5 Å². The van der Waals surface area contributed by atoms with Crippen LogP contribution in [0.3, 0.4) is 0 Å². The summed E-state index contributed by atoms with van der Waals surface area (Å²) >= 11 is 0. The summed E-state index contributed by atoms with van der Waals surface area (Å²) in [5.74, 6) is 2.39. The highest BCUT2D eigenvalue weighted by Gasteiger charge is 2.23. The van der Waals surface area contributed by atoms with Gasteiger partial charge in [0.2, 0.25) is 18.6 Å². The zero-order chi connectivity index (χ0) is 17.9. The Balaban J connectivity index is 1.35. The van der Waals surface area contributed by atoms with Gasteiger partial charge >= 0.3 is 6.09 Å². The van der Waals surface area contributed by atoms with Crippen LogP contribution >= 0.6 is 0 Å². The maximum absolute atomic E-state index is 11.7. The van der Waals surface area contributed by atoms with Gasteiger partial charge in [-0.25, -0.2) is 4.79 Å². The van der Waals surface area contributed by atoms with E-state index in [2.05, 4.69) is 15.1 Å². The van der Waals surface area contributed by atoms with E-state index in [0.29, 0.717) is 49.5 Å². The van der Waals surface area contributed by atoms with Crippen molar-refractivity contribution in [2.24, 2.45) is 0 Å². The van der Waals surface area contributed by atoms with Gasteiger partial charge in [0.05, 0.1) is 13.2 Å². The first-order valence-electron chi connectivity index (χ1n) is 8.59. The minimum atomic E-state index is -0.255. The normalized spacial score (nSPS) is 16.7. The minimum absolute atomic E-state index is 0.228. The molecule has 9 nitrogen and oxygen atoms in total. The number of amides is 1. The molecule has 138 valence electrons. The topological polar surface area (TPSA) is 90.2 Å². The lowest BCUT2D eigenvalue weighted by Gasteiger charge is -2.33. The number of carbonyl (C=O) groups excluding carboxylic acids is 1. The highest BCUT2D eigenvalue weighted by Crippen LogP contribution is 2.35. The van der Waals surface area contributed by atoms with E-state index in [-0.39, 0.29) is 12.9 Å². The highest BCUT2D eigenvalue weighted by molar-refractivity contribution is 5.67. The molecule has 2 aliphatic heterocycles. The largest absolute Gasteiger partial charge is 0.454 e. The second kappa shape index (κ2) is 7.20. The Labute approximate surface area is 150 Å². The van der Waals surface area contributed by atoms with Crippen LogP contribution in [0.15, 0.2) is 22.6 Å². The fourth-order valence-corrected chi connectivity index (χ4v) is 2.96. The number of benzene rings is 1. The Morgan fingerprint density at radius 3 is 2.77 bits per heavy atom. The number of ether oxygens (including phenoxy) is 3. The monoisotopic (exact) mass is 360 g/mol. The molecule has 0 radical (unpaired) electrons. The number of aromatic nitrogens is 2. The molecule has 4 rings (SSSR count). The standard InChI is InChI=1S/C17H20N4O5/c1-2-23-17(22)21-7-5-20(6-8-21)10-15-18-19-16(26-15)12-3-4-13-14(9-12)25-11-24-13/h3-4,9H,2,5-8,10-11H2,1H3. The summed E-state index contributed by atoms with van der Waals surface area (Å²) in [4.78, 5) is 15.6. The number of hydrogen-bond acceptors (Lipinski definition) is 8. The molecule has 0 unspecified atom stereocenters. The van der Waals surface area contributed by atoms with Crippen LogP contribution in [-0.2, 0) is 11.3 Å². The lowest BCUT2D eigenvalue weighted by atomic mass is 10.2. The molecular formula is C17H20N4O5. The SMILES string of the molecule is CCOC(=O)N1CCN(Cc2nnc(-c3ccc4c(c3)OCO4)o2)CC1. The molecule has 3 heterocycles. The molecule has 1 saturated heterocycles. The van der Waals surface area contributed by atoms with Crippen LogP contribution in [0.2, 0.25) is 0 Å². The average Bonchev–Trinajstić information content (AvgIpc) is 3.31. The van der Waals surface area contributed by atoms with Gasteiger partial charge in [0.1, 0.15) is 0 Å². The molecule has 0 bridgehead atoms. The van der Waals surface area contributed by atoms with Gasteiger partial charge in [-0.05, 0) is 25.1 Å². The Morgan fingerprint density at radius 2 is 1.96 bits per heavy atom. The van der Waals surface area contributed by atoms with E-state index >= 15 is 0 Å². The first-order chi connectivity index (χ1) is 12.7. The van der Waals surface area contributed by atoms with Gasteiger partial charge in [-0.15, -0.1) is 10.2 Å². The maximum atomic E-state index is 11.7. The summed E-state index contributed by atoms with van der Waals surface area (Å²) in [6.07, 6.45) is -0.255. The summed E-state index contributed by atoms with van der Waals surface area (Å²) in [5, 5.41) is 8.25. The summed E-state index contributed by atoms with van der Waals surface area (Å²) in [5.41, 5.74) is 0.792. The van der Waals surface area contributed by atoms with Crippen LogP contribution in [0.5, 0.6) is 11.5 Å². The molecule has 2 aromatic rings. The van der Waals surface area contributed by atoms with E-state index in [1.165, 1.54) is 0 Å². The lowest BCUT2D eigenvalue weighted by molar-refractivity contribution is 0.0756. The summed E-state index contributed by atoms with van der Waals surface area (Å²) < 4.78 is 21.5. The predicted molar refractivity (Wildman–Crippen MR) is 89.7 cm³/mol. The van der Waals surface area contributed by atoms with Crippen molar-refractivity contribution in [2.75, 3.05) is 39.6 Å². The molecule has 2 aliphatic rings. The second-order valence-corrected chi connectivity index (χ2v) is 6.03. The zero-order valence-electron chi connectivity index (χ0n) is 14.5. The van der Waals surface area contributed by atoms with Crippen molar-refractivity contribution in [2.45, 2.75) is 13.5 Å². The number of piperazine rings is 1. The zero-order valence-corrected chi connectivity index (χ0v) is 14.5. The molecule has 0 N–H and O–H groups in total. The molecule has 0 aliphatic carbocycles. The van der Waals surface area contributed by atoms with Crippen molar-refractivity contribution >= 4 is 6.09 Å². The van der Waals surface area contributed by atoms with Crippen LogP contribution in [0.1, 0.15) is 12.8 Å². The Morgan fingerprint density at radius 1 is 1.15 bits per heavy atom. The first-order valence-corrected chi connectivity index (χ1v) is 8.59. The van der Waals surface area contributed by atoms with E-state index in [1.807, 2.05) is 25.1 Å². The molecule has 1 aromatic carbocycles. The van der Waals surface area contributed by atoms with Gasteiger partial charge < -0.3 is 23.5 Å². The fourth-order valence-electron chi connectivity index (χ4n) is 2.96. The van der Waals surface area contributed by atoms with Gasteiger partial charge in [0.25, 0.3) is 0 Å². The maximum Gasteiger partial charge on any atom is 0.409 e. The number of nitrogens with zero attached hydrogens (tertiary/aromatic N) is 4. The molecule has 26 heavy (non-hydrogen) atoms. The van der Waals surface area contributed by atoms with E-state index in [4.69, 9.17) is 18.6 Å². The summed E-state index contributed by atoms with van der Waals surface area (Å²) in [6, 6.07) is 5.52. The number of rotatable bonds is 4. The highest BCUT2D eigenvalue weighted by atomic mass is 16.7. The molecule has 1 fully saturated rings. The van der Waals surface area contributed by atoms with E-state index in [0.717, 1.165) is 18.7 Å². The van der Waals surface area contributed by atoms with E-state index in [1.54, 1.807) is 4.90 Å². The summed E-state index contributed by atoms with van der Waals surface area (Å²) in [6.45, 7) is 5.70. The average molecular weight is 360 g/mol. The number of fused-ring (bicyclic) bond motifs is 1. The van der Waals surface area contributed by atoms with Gasteiger partial charge in [-0.3, -0.25) is 4.90 Å². The molecule has 0 spiro atoms. The molecule has 1 aromatic heterocycles. The van der Waals surface area contributed by atoms with Crippen molar-refractivity contribution in [1.29, 1.82) is 0 Å². The summed E-state index contributed by atoms with van der Waals surface area (Å²) in [7, 11) is 0.